The quantitative estimate of drug-likeness (QED) is 0.724. The van der Waals surface area contributed by atoms with Gasteiger partial charge in [-0.05, 0) is 64.8 Å². The average Bonchev–Trinajstić information content (AvgIpc) is 2.55. The zero-order valence-corrected chi connectivity index (χ0v) is 15.6. The molecule has 0 amide bonds. The molecular formula is C20H28N2O2. The van der Waals surface area contributed by atoms with E-state index < -0.39 is 0 Å². The van der Waals surface area contributed by atoms with Crippen molar-refractivity contribution in [2.45, 2.75) is 65.6 Å². The molecule has 0 spiro atoms. The highest BCUT2D eigenvalue weighted by Gasteiger charge is 2.21. The maximum absolute atomic E-state index is 6.06. The number of ether oxygens (including phenoxy) is 2. The lowest BCUT2D eigenvalue weighted by molar-refractivity contribution is 0.0798. The van der Waals surface area contributed by atoms with Gasteiger partial charge in [0, 0.05) is 0 Å². The zero-order chi connectivity index (χ0) is 17.8. The fraction of sp³-hybridized carbons (Fsp3) is 0.500. The molecule has 0 aliphatic rings. The molecule has 2 heterocycles. The lowest BCUT2D eigenvalue weighted by Crippen LogP contribution is -2.30. The highest BCUT2D eigenvalue weighted by Crippen LogP contribution is 2.26. The van der Waals surface area contributed by atoms with E-state index in [0.717, 1.165) is 35.7 Å². The lowest BCUT2D eigenvalue weighted by atomic mass is 10.0. The van der Waals surface area contributed by atoms with Crippen LogP contribution in [0.5, 0.6) is 11.5 Å². The van der Waals surface area contributed by atoms with Gasteiger partial charge in [-0.2, -0.15) is 0 Å². The third-order valence-corrected chi connectivity index (χ3v) is 4.02. The van der Waals surface area contributed by atoms with Gasteiger partial charge in [-0.1, -0.05) is 13.8 Å². The molecule has 0 saturated carbocycles. The minimum absolute atomic E-state index is 0.145. The molecule has 0 aromatic carbocycles. The summed E-state index contributed by atoms with van der Waals surface area (Å²) in [5.41, 5.74) is 1.26. The van der Waals surface area contributed by atoms with Crippen LogP contribution in [0.4, 0.5) is 0 Å². The van der Waals surface area contributed by atoms with E-state index in [9.17, 15) is 0 Å². The molecule has 2 aromatic heterocycles. The summed E-state index contributed by atoms with van der Waals surface area (Å²) >= 11 is 0. The summed E-state index contributed by atoms with van der Waals surface area (Å²) in [4.78, 5) is 8.92. The van der Waals surface area contributed by atoms with Gasteiger partial charge in [0.2, 0.25) is 0 Å². The van der Waals surface area contributed by atoms with Crippen LogP contribution in [0, 0.1) is 0 Å². The van der Waals surface area contributed by atoms with Crippen molar-refractivity contribution >= 4 is 0 Å². The van der Waals surface area contributed by atoms with Gasteiger partial charge in [0.15, 0.2) is 0 Å². The minimum atomic E-state index is -0.231. The summed E-state index contributed by atoms with van der Waals surface area (Å²) in [6, 6.07) is 7.73. The first kappa shape index (κ1) is 18.2. The number of rotatable bonds is 6. The van der Waals surface area contributed by atoms with E-state index in [2.05, 4.69) is 30.7 Å². The molecule has 2 rings (SSSR count). The maximum atomic E-state index is 6.06. The Labute approximate surface area is 145 Å². The van der Waals surface area contributed by atoms with Crippen molar-refractivity contribution in [3.05, 3.63) is 36.7 Å². The van der Waals surface area contributed by atoms with Crippen LogP contribution < -0.4 is 9.47 Å². The van der Waals surface area contributed by atoms with Crippen LogP contribution in [0.3, 0.4) is 0 Å². The summed E-state index contributed by atoms with van der Waals surface area (Å²) in [5.74, 6) is 1.55. The Kier molecular flexibility index (Phi) is 5.47. The summed E-state index contributed by atoms with van der Waals surface area (Å²) in [6.45, 7) is 12.4. The fourth-order valence-corrected chi connectivity index (χ4v) is 2.22. The minimum Gasteiger partial charge on any atom is -0.487 e. The SMILES string of the molecule is CCC(C)(CC)Oc1ccc(-c2ccc(OC(C)(C)C)cn2)nc1. The van der Waals surface area contributed by atoms with Crippen molar-refractivity contribution in [1.29, 1.82) is 0 Å². The van der Waals surface area contributed by atoms with Crippen molar-refractivity contribution in [2.75, 3.05) is 0 Å². The molecule has 0 bridgehead atoms. The molecule has 4 nitrogen and oxygen atoms in total. The summed E-state index contributed by atoms with van der Waals surface area (Å²) in [7, 11) is 0. The van der Waals surface area contributed by atoms with E-state index in [1.807, 2.05) is 45.0 Å². The van der Waals surface area contributed by atoms with Crippen molar-refractivity contribution < 1.29 is 9.47 Å². The Morgan fingerprint density at radius 2 is 1.21 bits per heavy atom. The van der Waals surface area contributed by atoms with Gasteiger partial charge < -0.3 is 9.47 Å². The Morgan fingerprint density at radius 1 is 0.750 bits per heavy atom. The molecule has 130 valence electrons. The Hall–Kier alpha value is -2.10. The van der Waals surface area contributed by atoms with Gasteiger partial charge in [0.1, 0.15) is 22.7 Å². The molecule has 4 heteroatoms. The molecule has 0 aliphatic heterocycles. The molecule has 0 radical (unpaired) electrons. The number of hydrogen-bond acceptors (Lipinski definition) is 4. The van der Waals surface area contributed by atoms with Crippen LogP contribution in [0.2, 0.25) is 0 Å². The molecule has 24 heavy (non-hydrogen) atoms. The summed E-state index contributed by atoms with van der Waals surface area (Å²) in [5, 5.41) is 0. The highest BCUT2D eigenvalue weighted by atomic mass is 16.5. The second-order valence-electron chi connectivity index (χ2n) is 7.23. The van der Waals surface area contributed by atoms with Gasteiger partial charge in [0.05, 0.1) is 23.8 Å². The molecule has 0 fully saturated rings. The van der Waals surface area contributed by atoms with E-state index in [1.54, 1.807) is 12.4 Å². The van der Waals surface area contributed by atoms with Gasteiger partial charge in [-0.3, -0.25) is 9.97 Å². The van der Waals surface area contributed by atoms with Crippen molar-refractivity contribution in [2.24, 2.45) is 0 Å². The fourth-order valence-electron chi connectivity index (χ4n) is 2.22. The summed E-state index contributed by atoms with van der Waals surface area (Å²) in [6.07, 6.45) is 5.42. The van der Waals surface area contributed by atoms with E-state index in [4.69, 9.17) is 9.47 Å². The van der Waals surface area contributed by atoms with Crippen LogP contribution in [0.15, 0.2) is 36.7 Å². The standard InChI is InChI=1S/C20H28N2O2/c1-7-20(6,8-2)24-16-10-12-18(22-14-16)17-11-9-15(13-21-17)23-19(3,4)5/h9-14H,7-8H2,1-6H3. The van der Waals surface area contributed by atoms with Gasteiger partial charge in [-0.25, -0.2) is 0 Å². The first-order chi connectivity index (χ1) is 11.2. The smallest absolute Gasteiger partial charge is 0.138 e. The summed E-state index contributed by atoms with van der Waals surface area (Å²) < 4.78 is 11.9. The van der Waals surface area contributed by atoms with Gasteiger partial charge >= 0.3 is 0 Å². The van der Waals surface area contributed by atoms with Crippen molar-refractivity contribution in [3.8, 4) is 22.9 Å². The number of aromatic nitrogens is 2. The van der Waals surface area contributed by atoms with Crippen molar-refractivity contribution in [3.63, 3.8) is 0 Å². The molecule has 0 saturated heterocycles. The van der Waals surface area contributed by atoms with Crippen LogP contribution in [0.25, 0.3) is 11.4 Å². The third-order valence-electron chi connectivity index (χ3n) is 4.02. The van der Waals surface area contributed by atoms with Crippen LogP contribution in [-0.2, 0) is 0 Å². The van der Waals surface area contributed by atoms with E-state index in [0.29, 0.717) is 0 Å². The van der Waals surface area contributed by atoms with Crippen LogP contribution >= 0.6 is 0 Å². The topological polar surface area (TPSA) is 44.2 Å². The predicted molar refractivity (Wildman–Crippen MR) is 97.5 cm³/mol. The molecular weight excluding hydrogens is 300 g/mol. The maximum Gasteiger partial charge on any atom is 0.138 e. The van der Waals surface area contributed by atoms with Crippen molar-refractivity contribution in [1.82, 2.24) is 9.97 Å². The molecule has 0 aliphatic carbocycles. The number of hydrogen-bond donors (Lipinski definition) is 0. The van der Waals surface area contributed by atoms with E-state index in [-0.39, 0.29) is 11.2 Å². The second-order valence-corrected chi connectivity index (χ2v) is 7.23. The predicted octanol–water partition coefficient (Wildman–Crippen LogP) is 5.28. The zero-order valence-electron chi connectivity index (χ0n) is 15.6. The first-order valence-corrected chi connectivity index (χ1v) is 8.55. The molecule has 2 aromatic rings. The lowest BCUT2D eigenvalue weighted by Gasteiger charge is -2.28. The van der Waals surface area contributed by atoms with E-state index >= 15 is 0 Å². The average molecular weight is 328 g/mol. The van der Waals surface area contributed by atoms with Gasteiger partial charge in [0.25, 0.3) is 0 Å². The molecule has 0 unspecified atom stereocenters. The monoisotopic (exact) mass is 328 g/mol. The third kappa shape index (κ3) is 4.95. The Balaban J connectivity index is 2.10. The molecule has 0 atom stereocenters. The second kappa shape index (κ2) is 7.20. The number of pyridine rings is 2. The first-order valence-electron chi connectivity index (χ1n) is 8.55. The highest BCUT2D eigenvalue weighted by molar-refractivity contribution is 5.55. The Bertz CT molecular complexity index is 639. The number of nitrogens with zero attached hydrogens (tertiary/aromatic N) is 2. The normalized spacial score (nSPS) is 12.1. The van der Waals surface area contributed by atoms with E-state index in [1.165, 1.54) is 0 Å². The molecule has 0 N–H and O–H groups in total. The largest absolute Gasteiger partial charge is 0.487 e. The van der Waals surface area contributed by atoms with Crippen LogP contribution in [0.1, 0.15) is 54.4 Å². The van der Waals surface area contributed by atoms with Crippen LogP contribution in [-0.4, -0.2) is 21.2 Å². The van der Waals surface area contributed by atoms with Gasteiger partial charge in [-0.15, -0.1) is 0 Å². The Morgan fingerprint density at radius 3 is 1.54 bits per heavy atom.